The Morgan fingerprint density at radius 2 is 0.917 bits per heavy atom. The number of rotatable bonds is 17. The van der Waals surface area contributed by atoms with Gasteiger partial charge in [-0.25, -0.2) is 56.9 Å². The second kappa shape index (κ2) is 31.2. The van der Waals surface area contributed by atoms with E-state index in [1.807, 2.05) is 60.7 Å². The molecular weight excluding hydrogens is 1310 g/mol. The van der Waals surface area contributed by atoms with Crippen LogP contribution in [0, 0.1) is 29.6 Å². The van der Waals surface area contributed by atoms with Gasteiger partial charge >= 0.3 is 0 Å². The number of aliphatic hydroxyl groups is 3. The van der Waals surface area contributed by atoms with E-state index in [4.69, 9.17) is 0 Å². The minimum absolute atomic E-state index is 0.0103. The highest BCUT2D eigenvalue weighted by Gasteiger charge is 2.47. The predicted molar refractivity (Wildman–Crippen MR) is 365 cm³/mol. The Balaban J connectivity index is 0.000000131. The van der Waals surface area contributed by atoms with Gasteiger partial charge in [0.1, 0.15) is 6.17 Å². The number of fused-ring (bicyclic) bond motifs is 6. The molecule has 4 aliphatic carbocycles. The van der Waals surface area contributed by atoms with Crippen molar-refractivity contribution in [1.29, 1.82) is 0 Å². The third-order valence-electron chi connectivity index (χ3n) is 18.9. The van der Waals surface area contributed by atoms with Crippen LogP contribution in [-0.2, 0) is 66.3 Å². The number of nitrogens with zero attached hydrogens (tertiary/aromatic N) is 8. The second-order valence-corrected chi connectivity index (χ2v) is 31.8. The Labute approximate surface area is 560 Å². The summed E-state index contributed by atoms with van der Waals surface area (Å²) in [5.74, 6) is 0.242. The number of aliphatic hydroxyl groups excluding tert-OH is 3. The van der Waals surface area contributed by atoms with Gasteiger partial charge in [-0.3, -0.25) is 39.9 Å². The Hall–Kier alpha value is -7.09. The van der Waals surface area contributed by atoms with E-state index in [1.54, 1.807) is 80.2 Å². The number of allylic oxidation sites excluding steroid dienone is 1. The number of pyridine rings is 4. The second-order valence-electron chi connectivity index (χ2n) is 25.3. The lowest BCUT2D eigenvalue weighted by Crippen LogP contribution is -2.46. The molecule has 96 heavy (non-hydrogen) atoms. The first kappa shape index (κ1) is 70.2. The molecule has 6 unspecified atom stereocenters. The van der Waals surface area contributed by atoms with E-state index in [2.05, 4.69) is 70.9 Å². The molecule has 14 rings (SSSR count). The van der Waals surface area contributed by atoms with E-state index >= 15 is 4.39 Å². The average molecular weight is 1390 g/mol. The summed E-state index contributed by atoms with van der Waals surface area (Å²) in [7, 11) is -15.1. The number of nitrogens with one attached hydrogen (secondary N) is 4. The first-order chi connectivity index (χ1) is 46.3. The molecular formula is C68H81FN12O11S4. The lowest BCUT2D eigenvalue weighted by Gasteiger charge is -2.30. The third-order valence-corrected chi connectivity index (χ3v) is 24.9. The zero-order chi connectivity index (χ0) is 67.6. The van der Waals surface area contributed by atoms with Gasteiger partial charge in [-0.15, -0.1) is 0 Å². The molecule has 23 nitrogen and oxygen atoms in total. The van der Waals surface area contributed by atoms with Crippen molar-refractivity contribution in [1.82, 2.24) is 38.8 Å². The molecule has 3 saturated carbocycles. The summed E-state index contributed by atoms with van der Waals surface area (Å²) in [6, 6.07) is 30.3. The van der Waals surface area contributed by atoms with Crippen molar-refractivity contribution in [2.45, 2.75) is 140 Å². The summed E-state index contributed by atoms with van der Waals surface area (Å²) >= 11 is 0. The zero-order valence-corrected chi connectivity index (χ0v) is 56.4. The lowest BCUT2D eigenvalue weighted by atomic mass is 9.85. The molecule has 9 atom stereocenters. The smallest absolute Gasteiger partial charge is 0.258 e. The fraction of sp³-hybridized carbons (Fsp3) is 0.441. The number of aromatic nitrogens is 4. The van der Waals surface area contributed by atoms with Gasteiger partial charge < -0.3 is 15.3 Å². The van der Waals surface area contributed by atoms with E-state index in [9.17, 15) is 49.0 Å². The summed E-state index contributed by atoms with van der Waals surface area (Å²) in [5, 5.41) is 28.7. The van der Waals surface area contributed by atoms with Crippen LogP contribution in [0.25, 0.3) is 0 Å². The number of alkyl halides is 1. The molecule has 510 valence electrons. The monoisotopic (exact) mass is 1390 g/mol. The summed E-state index contributed by atoms with van der Waals surface area (Å²) in [4.78, 5) is 33.2. The minimum atomic E-state index is -4.00. The number of aliphatic imine (C=N–C) groups is 4. The topological polar surface area (TPSA) is 346 Å². The molecule has 8 heterocycles. The van der Waals surface area contributed by atoms with Gasteiger partial charge in [0.15, 0.2) is 20.2 Å². The first-order valence-electron chi connectivity index (χ1n) is 32.6. The maximum atomic E-state index is 15.8. The van der Waals surface area contributed by atoms with Gasteiger partial charge in [0, 0.05) is 90.2 Å². The molecule has 2 bridgehead atoms. The summed E-state index contributed by atoms with van der Waals surface area (Å²) < 4.78 is 128. The molecule has 8 aliphatic rings. The van der Waals surface area contributed by atoms with Gasteiger partial charge in [0.25, 0.3) is 40.1 Å². The maximum absolute atomic E-state index is 15.8. The Kier molecular flexibility index (Phi) is 22.8. The normalized spacial score (nSPS) is 22.6. The molecule has 4 aromatic heterocycles. The molecule has 4 aliphatic heterocycles. The van der Waals surface area contributed by atoms with Gasteiger partial charge in [0.05, 0.1) is 61.6 Å². The Morgan fingerprint density at radius 3 is 1.38 bits per heavy atom. The predicted octanol–water partition coefficient (Wildman–Crippen LogP) is 6.67. The molecule has 0 saturated heterocycles. The average Bonchev–Trinajstić information content (AvgIpc) is 1.61. The molecule has 0 radical (unpaired) electrons. The van der Waals surface area contributed by atoms with Crippen LogP contribution in [-0.4, -0.2) is 139 Å². The number of hydrogen-bond donors (Lipinski definition) is 7. The van der Waals surface area contributed by atoms with E-state index in [0.29, 0.717) is 77.0 Å². The van der Waals surface area contributed by atoms with Crippen molar-refractivity contribution in [3.8, 4) is 0 Å². The van der Waals surface area contributed by atoms with Crippen LogP contribution in [0.2, 0.25) is 0 Å². The molecule has 28 heteroatoms. The van der Waals surface area contributed by atoms with Crippen molar-refractivity contribution < 1.29 is 53.4 Å². The van der Waals surface area contributed by atoms with Gasteiger partial charge in [-0.1, -0.05) is 118 Å². The molecule has 2 aromatic carbocycles. The minimum Gasteiger partial charge on any atom is -0.396 e. The van der Waals surface area contributed by atoms with Crippen LogP contribution in [0.1, 0.15) is 140 Å². The summed E-state index contributed by atoms with van der Waals surface area (Å²) in [6.07, 6.45) is 20.3. The fourth-order valence-electron chi connectivity index (χ4n) is 14.1. The van der Waals surface area contributed by atoms with Crippen molar-refractivity contribution in [3.63, 3.8) is 0 Å². The van der Waals surface area contributed by atoms with Crippen LogP contribution in [0.3, 0.4) is 0 Å². The standard InChI is InChI=1S/C23H22FN3O2S.C16H23N3O3S.C15H17N3O3S.C14H19N3O3S/c1-16(27-30(28,29)23-19-13-8-14-25-20(19)15-26-23)22(24)21(17-9-4-2-5-10-17)18-11-6-3-7-12-18;20-11-13(9-12-5-2-1-3-6-12)19-23(21,22)16-14-7-4-8-17-15(14)10-18-16;19-8-12-9-3-4-10(6-9)14(12)18-22(20,21)15-11-2-1-5-16-13(11)7-17-15;18-9-10-4-1-2-6-12(10)17-21(19,20)14-11-5-3-7-15-13(11)8-16-14/h2-14,16,21-22,27H,15H2,1H3;4,7-8,12-13,19-20H,1-3,5-6,9-11H2;1-5,9-10,12,14,18-19H,6-8H2;3,5,7,10,12,17-18H,1-2,4,6,8-9H2/t16-,22?;;;10-,12-/m0..0/s1. The fourth-order valence-corrected chi connectivity index (χ4v) is 20.0. The van der Waals surface area contributed by atoms with Crippen molar-refractivity contribution >= 4 is 60.3 Å². The van der Waals surface area contributed by atoms with Gasteiger partial charge in [-0.05, 0) is 116 Å². The van der Waals surface area contributed by atoms with Crippen LogP contribution < -0.4 is 18.9 Å². The van der Waals surface area contributed by atoms with Crippen LogP contribution >= 0.6 is 0 Å². The molecule has 0 amide bonds. The van der Waals surface area contributed by atoms with Crippen LogP contribution in [0.4, 0.5) is 4.39 Å². The van der Waals surface area contributed by atoms with Gasteiger partial charge in [0.2, 0.25) is 0 Å². The number of hydrogen-bond acceptors (Lipinski definition) is 19. The lowest BCUT2D eigenvalue weighted by molar-refractivity contribution is 0.164. The van der Waals surface area contributed by atoms with Crippen molar-refractivity contribution in [2.75, 3.05) is 19.8 Å². The van der Waals surface area contributed by atoms with Crippen LogP contribution in [0.5, 0.6) is 0 Å². The Bertz CT molecular complexity index is 4320. The van der Waals surface area contributed by atoms with E-state index in [-0.39, 0.29) is 82.3 Å². The van der Waals surface area contributed by atoms with E-state index in [1.165, 1.54) is 19.3 Å². The highest BCUT2D eigenvalue weighted by molar-refractivity contribution is 8.06. The molecule has 3 fully saturated rings. The summed E-state index contributed by atoms with van der Waals surface area (Å²) in [6.45, 7) is 2.45. The van der Waals surface area contributed by atoms with Gasteiger partial charge in [-0.2, -0.15) is 0 Å². The van der Waals surface area contributed by atoms with E-state index in [0.717, 1.165) is 56.1 Å². The third kappa shape index (κ3) is 16.2. The molecule has 6 aromatic rings. The van der Waals surface area contributed by atoms with Crippen LogP contribution in [0.15, 0.2) is 166 Å². The number of halogens is 1. The van der Waals surface area contributed by atoms with Crippen molar-refractivity contribution in [2.24, 2.45) is 49.6 Å². The molecule has 7 N–H and O–H groups in total. The summed E-state index contributed by atoms with van der Waals surface area (Å²) in [5.41, 5.74) is 6.44. The zero-order valence-electron chi connectivity index (χ0n) is 53.1. The Morgan fingerprint density at radius 1 is 0.490 bits per heavy atom. The highest BCUT2D eigenvalue weighted by atomic mass is 32.2. The highest BCUT2D eigenvalue weighted by Crippen LogP contribution is 2.44. The SMILES string of the molecule is C[C@H](NS(=O)(=O)C1=NCc2ncccc21)C(F)C(c1ccccc1)c1ccccc1.O=S(=O)(NC(CO)CC1CCCCC1)C1=NCc2ncccc21.O=S(=O)(NC1C2C=CC(C2)C1CO)C1=NCc2ncccc21.O=S(=O)(N[C@H]1CCCC[C@H]1CO)C1=NCc2ncccc21. The number of benzene rings is 2. The van der Waals surface area contributed by atoms with Crippen molar-refractivity contribution in [3.05, 3.63) is 202 Å². The number of sulfonamides is 4. The quantitative estimate of drug-likeness (QED) is 0.0469. The maximum Gasteiger partial charge on any atom is 0.258 e. The largest absolute Gasteiger partial charge is 0.396 e. The first-order valence-corrected chi connectivity index (χ1v) is 38.5. The van der Waals surface area contributed by atoms with E-state index < -0.39 is 64.3 Å². The molecule has 0 spiro atoms.